The third-order valence-electron chi connectivity index (χ3n) is 4.00. The van der Waals surface area contributed by atoms with Gasteiger partial charge < -0.3 is 4.74 Å². The van der Waals surface area contributed by atoms with Crippen molar-refractivity contribution in [3.05, 3.63) is 60.2 Å². The summed E-state index contributed by atoms with van der Waals surface area (Å²) in [4.78, 5) is 24.0. The first-order chi connectivity index (χ1) is 12.4. The third kappa shape index (κ3) is 4.60. The number of hydrazine groups is 1. The lowest BCUT2D eigenvalue weighted by molar-refractivity contribution is -0.125. The Morgan fingerprint density at radius 1 is 0.923 bits per heavy atom. The molecule has 26 heavy (non-hydrogen) atoms. The molecule has 1 fully saturated rings. The fourth-order valence-corrected chi connectivity index (χ4v) is 4.33. The van der Waals surface area contributed by atoms with Crippen LogP contribution in [0.5, 0.6) is 11.5 Å². The average Bonchev–Trinajstić information content (AvgIpc) is 3.01. The number of carbonyl (C=O) groups is 2. The van der Waals surface area contributed by atoms with E-state index in [1.165, 1.54) is 0 Å². The molecule has 8 heteroatoms. The lowest BCUT2D eigenvalue weighted by Gasteiger charge is -2.11. The van der Waals surface area contributed by atoms with E-state index in [1.54, 1.807) is 24.3 Å². The topological polar surface area (TPSA) is 102 Å². The summed E-state index contributed by atoms with van der Waals surface area (Å²) < 4.78 is 28.4. The maximum absolute atomic E-state index is 12.1. The highest BCUT2D eigenvalue weighted by Crippen LogP contribution is 2.21. The molecule has 2 amide bonds. The molecule has 1 atom stereocenters. The number of para-hydroxylation sites is 1. The smallest absolute Gasteiger partial charge is 0.269 e. The molecule has 2 aromatic carbocycles. The van der Waals surface area contributed by atoms with Gasteiger partial charge in [-0.3, -0.25) is 20.4 Å². The molecule has 0 aliphatic carbocycles. The van der Waals surface area contributed by atoms with Gasteiger partial charge in [-0.2, -0.15) is 0 Å². The molecule has 1 aliphatic heterocycles. The minimum absolute atomic E-state index is 0.00189. The van der Waals surface area contributed by atoms with Crippen LogP contribution in [0, 0.1) is 5.92 Å². The molecule has 2 aromatic rings. The van der Waals surface area contributed by atoms with Crippen LogP contribution in [0.15, 0.2) is 54.6 Å². The summed E-state index contributed by atoms with van der Waals surface area (Å²) in [5.74, 6) is -0.533. The zero-order valence-corrected chi connectivity index (χ0v) is 14.7. The number of sulfone groups is 1. The molecule has 136 valence electrons. The average molecular weight is 374 g/mol. The first-order valence-electron chi connectivity index (χ1n) is 8.06. The van der Waals surface area contributed by atoms with Crippen molar-refractivity contribution in [2.45, 2.75) is 6.42 Å². The number of benzene rings is 2. The minimum atomic E-state index is -3.15. The molecule has 0 spiro atoms. The summed E-state index contributed by atoms with van der Waals surface area (Å²) in [5, 5.41) is 0. The Bertz CT molecular complexity index is 895. The molecule has 1 heterocycles. The van der Waals surface area contributed by atoms with Gasteiger partial charge in [-0.1, -0.05) is 18.2 Å². The molecule has 0 bridgehead atoms. The molecule has 0 unspecified atom stereocenters. The van der Waals surface area contributed by atoms with Crippen molar-refractivity contribution in [1.82, 2.24) is 10.9 Å². The van der Waals surface area contributed by atoms with E-state index >= 15 is 0 Å². The zero-order valence-electron chi connectivity index (χ0n) is 13.8. The fraction of sp³-hybridized carbons (Fsp3) is 0.222. The Kier molecular flexibility index (Phi) is 5.22. The molecule has 0 saturated carbocycles. The molecule has 1 aliphatic rings. The van der Waals surface area contributed by atoms with Crippen molar-refractivity contribution in [3.63, 3.8) is 0 Å². The number of nitrogens with one attached hydrogen (secondary N) is 2. The van der Waals surface area contributed by atoms with Gasteiger partial charge in [0, 0.05) is 5.56 Å². The van der Waals surface area contributed by atoms with Gasteiger partial charge in [-0.15, -0.1) is 0 Å². The van der Waals surface area contributed by atoms with Crippen molar-refractivity contribution in [1.29, 1.82) is 0 Å². The maximum atomic E-state index is 12.1. The van der Waals surface area contributed by atoms with Gasteiger partial charge in [0.25, 0.3) is 5.91 Å². The first-order valence-corrected chi connectivity index (χ1v) is 9.89. The number of rotatable bonds is 4. The van der Waals surface area contributed by atoms with Crippen LogP contribution in [-0.4, -0.2) is 31.7 Å². The maximum Gasteiger partial charge on any atom is 0.269 e. The molecule has 3 rings (SSSR count). The zero-order chi connectivity index (χ0) is 18.6. The van der Waals surface area contributed by atoms with Crippen molar-refractivity contribution in [3.8, 4) is 11.5 Å². The van der Waals surface area contributed by atoms with Gasteiger partial charge in [-0.05, 0) is 42.8 Å². The largest absolute Gasteiger partial charge is 0.457 e. The Hall–Kier alpha value is -2.87. The van der Waals surface area contributed by atoms with Crippen LogP contribution in [0.3, 0.4) is 0 Å². The molecule has 0 aromatic heterocycles. The molecule has 1 saturated heterocycles. The Morgan fingerprint density at radius 3 is 2.19 bits per heavy atom. The summed E-state index contributed by atoms with van der Waals surface area (Å²) in [5.41, 5.74) is 4.92. The molecule has 2 N–H and O–H groups in total. The molecule has 7 nitrogen and oxygen atoms in total. The van der Waals surface area contributed by atoms with Crippen LogP contribution in [0.1, 0.15) is 16.8 Å². The van der Waals surface area contributed by atoms with Gasteiger partial charge in [-0.25, -0.2) is 8.42 Å². The lowest BCUT2D eigenvalue weighted by atomic mass is 10.1. The predicted molar refractivity (Wildman–Crippen MR) is 95.3 cm³/mol. The van der Waals surface area contributed by atoms with Crippen molar-refractivity contribution < 1.29 is 22.7 Å². The summed E-state index contributed by atoms with van der Waals surface area (Å²) in [6, 6.07) is 15.7. The highest BCUT2D eigenvalue weighted by Gasteiger charge is 2.33. The Balaban J connectivity index is 1.52. The minimum Gasteiger partial charge on any atom is -0.457 e. The molecular formula is C18H18N2O5S. The standard InChI is InChI=1S/C18H18N2O5S/c21-17(19-20-18(22)14-10-11-26(23,24)12-14)13-6-8-16(9-7-13)25-15-4-2-1-3-5-15/h1-9,14H,10-12H2,(H,19,21)(H,20,22)/t14-/m0/s1. The highest BCUT2D eigenvalue weighted by atomic mass is 32.2. The van der Waals surface area contributed by atoms with Gasteiger partial charge in [0.05, 0.1) is 17.4 Å². The van der Waals surface area contributed by atoms with E-state index < -0.39 is 27.6 Å². The van der Waals surface area contributed by atoms with Crippen LogP contribution in [0.2, 0.25) is 0 Å². The quantitative estimate of drug-likeness (QED) is 0.793. The van der Waals surface area contributed by atoms with E-state index in [0.29, 0.717) is 17.1 Å². The number of amides is 2. The fourth-order valence-electron chi connectivity index (χ4n) is 2.59. The van der Waals surface area contributed by atoms with E-state index in [2.05, 4.69) is 10.9 Å². The summed E-state index contributed by atoms with van der Waals surface area (Å²) in [6.07, 6.45) is 0.273. The number of carbonyl (C=O) groups excluding carboxylic acids is 2. The monoisotopic (exact) mass is 374 g/mol. The van der Waals surface area contributed by atoms with Gasteiger partial charge in [0.2, 0.25) is 5.91 Å². The van der Waals surface area contributed by atoms with Crippen molar-refractivity contribution >= 4 is 21.7 Å². The highest BCUT2D eigenvalue weighted by molar-refractivity contribution is 7.91. The SMILES string of the molecule is O=C(NNC(=O)[C@H]1CCS(=O)(=O)C1)c1ccc(Oc2ccccc2)cc1. The van der Waals surface area contributed by atoms with E-state index in [9.17, 15) is 18.0 Å². The second-order valence-electron chi connectivity index (χ2n) is 5.98. The lowest BCUT2D eigenvalue weighted by Crippen LogP contribution is -2.44. The third-order valence-corrected chi connectivity index (χ3v) is 5.77. The second kappa shape index (κ2) is 7.57. The normalized spacial score (nSPS) is 18.1. The van der Waals surface area contributed by atoms with Gasteiger partial charge in [0.1, 0.15) is 11.5 Å². The van der Waals surface area contributed by atoms with Crippen LogP contribution in [0.25, 0.3) is 0 Å². The van der Waals surface area contributed by atoms with Crippen LogP contribution < -0.4 is 15.6 Å². The van der Waals surface area contributed by atoms with Crippen molar-refractivity contribution in [2.75, 3.05) is 11.5 Å². The molecular weight excluding hydrogens is 356 g/mol. The second-order valence-corrected chi connectivity index (χ2v) is 8.21. The van der Waals surface area contributed by atoms with Crippen LogP contribution in [-0.2, 0) is 14.6 Å². The number of hydrogen-bond acceptors (Lipinski definition) is 5. The number of hydrogen-bond donors (Lipinski definition) is 2. The van der Waals surface area contributed by atoms with Gasteiger partial charge >= 0.3 is 0 Å². The van der Waals surface area contributed by atoms with E-state index in [4.69, 9.17) is 4.74 Å². The summed E-state index contributed by atoms with van der Waals surface area (Å²) >= 11 is 0. The Morgan fingerprint density at radius 2 is 1.58 bits per heavy atom. The number of ether oxygens (including phenoxy) is 1. The van der Waals surface area contributed by atoms with Gasteiger partial charge in [0.15, 0.2) is 9.84 Å². The van der Waals surface area contributed by atoms with E-state index in [-0.39, 0.29) is 17.9 Å². The summed E-state index contributed by atoms with van der Waals surface area (Å²) in [7, 11) is -3.15. The molecule has 0 radical (unpaired) electrons. The van der Waals surface area contributed by atoms with Crippen molar-refractivity contribution in [2.24, 2.45) is 5.92 Å². The predicted octanol–water partition coefficient (Wildman–Crippen LogP) is 1.67. The van der Waals surface area contributed by atoms with E-state index in [1.807, 2.05) is 30.3 Å². The first kappa shape index (κ1) is 17.9. The van der Waals surface area contributed by atoms with E-state index in [0.717, 1.165) is 0 Å². The van der Waals surface area contributed by atoms with Crippen LogP contribution in [0.4, 0.5) is 0 Å². The Labute approximate surface area is 151 Å². The van der Waals surface area contributed by atoms with Crippen LogP contribution >= 0.6 is 0 Å². The summed E-state index contributed by atoms with van der Waals surface area (Å²) in [6.45, 7) is 0.